The molecule has 18 heavy (non-hydrogen) atoms. The highest BCUT2D eigenvalue weighted by Crippen LogP contribution is 2.31. The van der Waals surface area contributed by atoms with Crippen molar-refractivity contribution in [1.29, 1.82) is 0 Å². The van der Waals surface area contributed by atoms with Gasteiger partial charge in [0, 0.05) is 17.0 Å². The summed E-state index contributed by atoms with van der Waals surface area (Å²) in [5.41, 5.74) is 0. The van der Waals surface area contributed by atoms with Gasteiger partial charge in [0.25, 0.3) is 0 Å². The average Bonchev–Trinajstić information content (AvgIpc) is 2.89. The number of thioether (sulfide) groups is 2. The van der Waals surface area contributed by atoms with E-state index in [9.17, 15) is 0 Å². The number of aliphatic imine (C=N–C) groups is 1. The van der Waals surface area contributed by atoms with Gasteiger partial charge in [0.05, 0.1) is 6.04 Å². The Kier molecular flexibility index (Phi) is 5.74. The van der Waals surface area contributed by atoms with Crippen molar-refractivity contribution in [2.75, 3.05) is 11.5 Å². The normalized spacial score (nSPS) is 32.0. The molecule has 2 nitrogen and oxygen atoms in total. The third kappa shape index (κ3) is 4.37. The molecule has 0 aromatic heterocycles. The molecule has 2 aliphatic rings. The summed E-state index contributed by atoms with van der Waals surface area (Å²) in [4.78, 5) is 4.82. The summed E-state index contributed by atoms with van der Waals surface area (Å²) in [7, 11) is 0. The van der Waals surface area contributed by atoms with Crippen LogP contribution in [0.15, 0.2) is 4.99 Å². The van der Waals surface area contributed by atoms with Crippen LogP contribution in [0, 0.1) is 5.92 Å². The third-order valence-electron chi connectivity index (χ3n) is 3.57. The minimum atomic E-state index is 0.555. The predicted molar refractivity (Wildman–Crippen MR) is 85.8 cm³/mol. The second-order valence-corrected chi connectivity index (χ2v) is 8.35. The summed E-state index contributed by atoms with van der Waals surface area (Å²) < 4.78 is 0. The van der Waals surface area contributed by atoms with Crippen molar-refractivity contribution in [3.05, 3.63) is 0 Å². The largest absolute Gasteiger partial charge is 0.362 e. The fraction of sp³-hybridized carbons (Fsp3) is 0.929. The molecule has 0 aromatic rings. The molecular weight excluding hydrogens is 260 g/mol. The maximum Gasteiger partial charge on any atom is 0.157 e. The Morgan fingerprint density at radius 1 is 1.44 bits per heavy atom. The van der Waals surface area contributed by atoms with Crippen LogP contribution in [0.1, 0.15) is 46.5 Å². The minimum Gasteiger partial charge on any atom is -0.362 e. The van der Waals surface area contributed by atoms with E-state index in [1.54, 1.807) is 0 Å². The lowest BCUT2D eigenvalue weighted by Gasteiger charge is -2.13. The standard InChI is InChI=1S/C14H26N2S2/c1-4-17-13-6-5-11(8-13)15-14-16-12(9-18-14)7-10(2)3/h10-13H,4-9H2,1-3H3,(H,15,16). The number of rotatable bonds is 5. The molecule has 0 spiro atoms. The molecule has 104 valence electrons. The van der Waals surface area contributed by atoms with E-state index in [1.165, 1.54) is 42.4 Å². The molecule has 1 saturated carbocycles. The zero-order valence-corrected chi connectivity index (χ0v) is 13.4. The Bertz CT molecular complexity index is 292. The van der Waals surface area contributed by atoms with Crippen LogP contribution < -0.4 is 5.32 Å². The van der Waals surface area contributed by atoms with Crippen molar-refractivity contribution in [2.24, 2.45) is 10.9 Å². The van der Waals surface area contributed by atoms with E-state index in [0.717, 1.165) is 11.2 Å². The van der Waals surface area contributed by atoms with Crippen LogP contribution in [0.3, 0.4) is 0 Å². The van der Waals surface area contributed by atoms with Gasteiger partial charge in [-0.1, -0.05) is 32.5 Å². The van der Waals surface area contributed by atoms with Gasteiger partial charge in [-0.05, 0) is 37.4 Å². The maximum absolute atomic E-state index is 4.82. The summed E-state index contributed by atoms with van der Waals surface area (Å²) >= 11 is 4.05. The Morgan fingerprint density at radius 2 is 2.28 bits per heavy atom. The van der Waals surface area contributed by atoms with Crippen molar-refractivity contribution in [3.63, 3.8) is 0 Å². The molecule has 1 fully saturated rings. The van der Waals surface area contributed by atoms with Gasteiger partial charge in [-0.25, -0.2) is 0 Å². The molecule has 3 atom stereocenters. The zero-order valence-electron chi connectivity index (χ0n) is 11.8. The molecule has 0 radical (unpaired) electrons. The van der Waals surface area contributed by atoms with E-state index in [0.29, 0.717) is 12.1 Å². The first-order valence-corrected chi connectivity index (χ1v) is 9.29. The van der Waals surface area contributed by atoms with Crippen LogP contribution in [0.5, 0.6) is 0 Å². The summed E-state index contributed by atoms with van der Waals surface area (Å²) in [6.45, 7) is 6.84. The van der Waals surface area contributed by atoms with Crippen molar-refractivity contribution in [1.82, 2.24) is 5.32 Å². The fourth-order valence-corrected chi connectivity index (χ4v) is 4.97. The summed E-state index contributed by atoms with van der Waals surface area (Å²) in [6.07, 6.45) is 5.26. The summed E-state index contributed by atoms with van der Waals surface area (Å²) in [5, 5.41) is 5.77. The SMILES string of the molecule is CCSC1CCC(NC2=NC(CC(C)C)CS2)C1. The predicted octanol–water partition coefficient (Wildman–Crippen LogP) is 3.77. The Hall–Kier alpha value is 0.170. The van der Waals surface area contributed by atoms with E-state index in [1.807, 2.05) is 11.8 Å². The van der Waals surface area contributed by atoms with E-state index in [-0.39, 0.29) is 0 Å². The lowest BCUT2D eigenvalue weighted by atomic mass is 10.1. The van der Waals surface area contributed by atoms with Gasteiger partial charge in [-0.15, -0.1) is 0 Å². The topological polar surface area (TPSA) is 24.4 Å². The molecule has 2 rings (SSSR count). The maximum atomic E-state index is 4.82. The van der Waals surface area contributed by atoms with Crippen LogP contribution in [-0.2, 0) is 0 Å². The van der Waals surface area contributed by atoms with Crippen molar-refractivity contribution in [3.8, 4) is 0 Å². The van der Waals surface area contributed by atoms with Gasteiger partial charge in [-0.2, -0.15) is 11.8 Å². The fourth-order valence-electron chi connectivity index (χ4n) is 2.79. The molecule has 1 N–H and O–H groups in total. The van der Waals surface area contributed by atoms with E-state index < -0.39 is 0 Å². The van der Waals surface area contributed by atoms with Crippen molar-refractivity contribution < 1.29 is 0 Å². The zero-order chi connectivity index (χ0) is 13.0. The molecule has 0 aromatic carbocycles. The Labute approximate surface area is 120 Å². The van der Waals surface area contributed by atoms with E-state index in [4.69, 9.17) is 4.99 Å². The van der Waals surface area contributed by atoms with Gasteiger partial charge in [0.1, 0.15) is 0 Å². The second kappa shape index (κ2) is 7.09. The number of nitrogens with one attached hydrogen (secondary N) is 1. The molecule has 1 heterocycles. The highest BCUT2D eigenvalue weighted by Gasteiger charge is 2.27. The van der Waals surface area contributed by atoms with Crippen LogP contribution >= 0.6 is 23.5 Å². The minimum absolute atomic E-state index is 0.555. The number of hydrogen-bond donors (Lipinski definition) is 1. The summed E-state index contributed by atoms with van der Waals surface area (Å²) in [5.74, 6) is 3.19. The Morgan fingerprint density at radius 3 is 3.00 bits per heavy atom. The number of amidine groups is 1. The molecule has 4 heteroatoms. The van der Waals surface area contributed by atoms with E-state index >= 15 is 0 Å². The van der Waals surface area contributed by atoms with Crippen molar-refractivity contribution in [2.45, 2.75) is 63.8 Å². The van der Waals surface area contributed by atoms with Crippen LogP contribution in [0.25, 0.3) is 0 Å². The smallest absolute Gasteiger partial charge is 0.157 e. The highest BCUT2D eigenvalue weighted by atomic mass is 32.2. The van der Waals surface area contributed by atoms with E-state index in [2.05, 4.69) is 37.8 Å². The number of hydrogen-bond acceptors (Lipinski definition) is 4. The number of nitrogens with zero attached hydrogens (tertiary/aromatic N) is 1. The summed E-state index contributed by atoms with van der Waals surface area (Å²) in [6, 6.07) is 1.23. The second-order valence-electron chi connectivity index (χ2n) is 5.76. The van der Waals surface area contributed by atoms with Gasteiger partial charge in [-0.3, -0.25) is 4.99 Å². The van der Waals surface area contributed by atoms with Gasteiger partial charge in [0.2, 0.25) is 0 Å². The van der Waals surface area contributed by atoms with Gasteiger partial charge >= 0.3 is 0 Å². The molecule has 1 aliphatic carbocycles. The molecule has 0 saturated heterocycles. The van der Waals surface area contributed by atoms with Crippen molar-refractivity contribution >= 4 is 28.7 Å². The van der Waals surface area contributed by atoms with Crippen LogP contribution in [0.2, 0.25) is 0 Å². The first-order valence-electron chi connectivity index (χ1n) is 7.26. The lowest BCUT2D eigenvalue weighted by Crippen LogP contribution is -2.30. The first kappa shape index (κ1) is 14.6. The molecule has 3 unspecified atom stereocenters. The quantitative estimate of drug-likeness (QED) is 0.832. The molecule has 0 amide bonds. The lowest BCUT2D eigenvalue weighted by molar-refractivity contribution is 0.527. The van der Waals surface area contributed by atoms with Gasteiger partial charge in [0.15, 0.2) is 5.17 Å². The monoisotopic (exact) mass is 286 g/mol. The third-order valence-corrected chi connectivity index (χ3v) is 5.85. The first-order chi connectivity index (χ1) is 8.67. The molecular formula is C14H26N2S2. The molecule has 1 aliphatic heterocycles. The molecule has 0 bridgehead atoms. The average molecular weight is 287 g/mol. The van der Waals surface area contributed by atoms with Gasteiger partial charge < -0.3 is 5.32 Å². The van der Waals surface area contributed by atoms with Crippen LogP contribution in [0.4, 0.5) is 0 Å². The Balaban J connectivity index is 1.74. The highest BCUT2D eigenvalue weighted by molar-refractivity contribution is 8.14. The van der Waals surface area contributed by atoms with Crippen LogP contribution in [-0.4, -0.2) is 34.0 Å².